The van der Waals surface area contributed by atoms with Crippen LogP contribution >= 0.6 is 0 Å². The van der Waals surface area contributed by atoms with Gasteiger partial charge in [-0.2, -0.15) is 0 Å². The van der Waals surface area contributed by atoms with Gasteiger partial charge in [0.05, 0.1) is 0 Å². The first-order chi connectivity index (χ1) is 13.0. The maximum atomic E-state index is 14.1. The molecule has 2 aromatic rings. The number of hydrogen-bond donors (Lipinski definition) is 0. The normalized spacial score (nSPS) is 12.2. The minimum Gasteiger partial charge on any atom is -0.256 e. The second kappa shape index (κ2) is 6.57. The minimum absolute atomic E-state index is 1.35. The summed E-state index contributed by atoms with van der Waals surface area (Å²) < 4.78 is 35.9. The first kappa shape index (κ1) is 19.7. The predicted molar refractivity (Wildman–Crippen MR) is 66.3 cm³/mol. The lowest BCUT2D eigenvalue weighted by Crippen LogP contribution is -2.39. The van der Waals surface area contributed by atoms with Crippen LogP contribution in [0.4, 0.5) is 20.4 Å². The van der Waals surface area contributed by atoms with E-state index in [1.165, 1.54) is 0 Å². The second-order valence-corrected chi connectivity index (χ2v) is 4.28. The topological polar surface area (TPSA) is 275 Å². The third kappa shape index (κ3) is 2.78. The molecule has 0 bridgehead atoms. The van der Waals surface area contributed by atoms with Gasteiger partial charge >= 0.3 is 23.2 Å². The van der Waals surface area contributed by atoms with Crippen LogP contribution in [-0.2, 0) is 11.8 Å². The maximum Gasteiger partial charge on any atom is 0.667 e. The number of nitro groups is 4. The molecule has 0 saturated heterocycles. The van der Waals surface area contributed by atoms with Gasteiger partial charge in [-0.3, -0.25) is 40.5 Å². The van der Waals surface area contributed by atoms with Crippen molar-refractivity contribution in [3.05, 3.63) is 51.8 Å². The summed E-state index contributed by atoms with van der Waals surface area (Å²) in [7, 11) is 0. The summed E-state index contributed by atoms with van der Waals surface area (Å²) in [5.41, 5.74) is -3.45. The number of azo groups is 1. The van der Waals surface area contributed by atoms with Crippen LogP contribution in [0.15, 0.2) is 19.5 Å². The average molecular weight is 410 g/mol. The van der Waals surface area contributed by atoms with E-state index in [4.69, 9.17) is 0 Å². The molecular formula is C6F2N10O10. The Labute approximate surface area is 145 Å². The number of rotatable bonds is 8. The zero-order chi connectivity index (χ0) is 21.3. The smallest absolute Gasteiger partial charge is 0.256 e. The molecule has 0 aliphatic carbocycles. The van der Waals surface area contributed by atoms with E-state index in [1.807, 2.05) is 0 Å². The molecule has 0 N–H and O–H groups in total. The van der Waals surface area contributed by atoms with Gasteiger partial charge in [-0.25, -0.2) is 9.26 Å². The molecule has 0 amide bonds. The predicted octanol–water partition coefficient (Wildman–Crippen LogP) is 0.134. The quantitative estimate of drug-likeness (QED) is 0.184. The van der Waals surface area contributed by atoms with Crippen LogP contribution in [0.3, 0.4) is 0 Å². The van der Waals surface area contributed by atoms with E-state index in [0.29, 0.717) is 0 Å². The van der Waals surface area contributed by atoms with Crippen molar-refractivity contribution < 1.29 is 37.7 Å². The Morgan fingerprint density at radius 1 is 0.679 bits per heavy atom. The van der Waals surface area contributed by atoms with Gasteiger partial charge < -0.3 is 0 Å². The fourth-order valence-electron chi connectivity index (χ4n) is 1.47. The Kier molecular flexibility index (Phi) is 4.62. The number of nitrogens with zero attached hydrogens (tertiary/aromatic N) is 10. The molecule has 2 aromatic heterocycles. The zero-order valence-corrected chi connectivity index (χ0v) is 12.3. The molecule has 0 unspecified atom stereocenters. The van der Waals surface area contributed by atoms with Gasteiger partial charge in [-0.15, -0.1) is 10.2 Å². The van der Waals surface area contributed by atoms with E-state index in [-0.39, 0.29) is 0 Å². The van der Waals surface area contributed by atoms with E-state index in [2.05, 4.69) is 40.1 Å². The van der Waals surface area contributed by atoms with E-state index >= 15 is 0 Å². The van der Waals surface area contributed by atoms with Crippen LogP contribution < -0.4 is 0 Å². The molecule has 148 valence electrons. The van der Waals surface area contributed by atoms with Crippen LogP contribution in [0, 0.1) is 40.5 Å². The fraction of sp³-hybridized carbons (Fsp3) is 0.333. The highest BCUT2D eigenvalue weighted by Gasteiger charge is 2.67. The first-order valence-electron chi connectivity index (χ1n) is 6.00. The molecule has 0 saturated carbocycles. The van der Waals surface area contributed by atoms with Crippen LogP contribution in [0.2, 0.25) is 0 Å². The molecule has 0 radical (unpaired) electrons. The second-order valence-electron chi connectivity index (χ2n) is 4.28. The van der Waals surface area contributed by atoms with E-state index in [0.717, 1.165) is 0 Å². The molecule has 2 heterocycles. The molecule has 0 aliphatic heterocycles. The SMILES string of the molecule is O=[N+]([O-])C(F)(c1nonc1N=Nc1nonc1C(F)([N+](=O)[O-])[N+](=O)[O-])[N+](=O)[O-]. The molecule has 0 fully saturated rings. The monoisotopic (exact) mass is 410 g/mol. The zero-order valence-electron chi connectivity index (χ0n) is 12.3. The molecular weight excluding hydrogens is 410 g/mol. The highest BCUT2D eigenvalue weighted by Crippen LogP contribution is 2.35. The summed E-state index contributed by atoms with van der Waals surface area (Å²) in [6.45, 7) is 0. The Morgan fingerprint density at radius 2 is 0.964 bits per heavy atom. The largest absolute Gasteiger partial charge is 0.667 e. The highest BCUT2D eigenvalue weighted by atomic mass is 19.2. The Balaban J connectivity index is 2.52. The molecule has 2 rings (SSSR count). The summed E-state index contributed by atoms with van der Waals surface area (Å²) in [4.78, 5) is 34.5. The molecule has 0 spiro atoms. The first-order valence-corrected chi connectivity index (χ1v) is 6.00. The molecule has 28 heavy (non-hydrogen) atoms. The van der Waals surface area contributed by atoms with Crippen molar-refractivity contribution in [3.8, 4) is 0 Å². The van der Waals surface area contributed by atoms with E-state index < -0.39 is 54.6 Å². The van der Waals surface area contributed by atoms with Crippen molar-refractivity contribution in [1.82, 2.24) is 20.6 Å². The molecule has 0 aromatic carbocycles. The molecule has 0 atom stereocenters. The maximum absolute atomic E-state index is 14.1. The Bertz CT molecular complexity index is 892. The van der Waals surface area contributed by atoms with Crippen molar-refractivity contribution in [2.24, 2.45) is 10.2 Å². The molecule has 20 nitrogen and oxygen atoms in total. The number of hydrogen-bond acceptors (Lipinski definition) is 16. The van der Waals surface area contributed by atoms with Crippen molar-refractivity contribution in [2.45, 2.75) is 11.8 Å². The third-order valence-electron chi connectivity index (χ3n) is 2.75. The van der Waals surface area contributed by atoms with Gasteiger partial charge in [0.1, 0.15) is 19.7 Å². The molecule has 0 aliphatic rings. The fourth-order valence-corrected chi connectivity index (χ4v) is 1.47. The lowest BCUT2D eigenvalue weighted by molar-refractivity contribution is -0.847. The lowest BCUT2D eigenvalue weighted by atomic mass is 10.3. The summed E-state index contributed by atoms with van der Waals surface area (Å²) in [5, 5.41) is 59.1. The van der Waals surface area contributed by atoms with Crippen molar-refractivity contribution >= 4 is 11.6 Å². The van der Waals surface area contributed by atoms with Gasteiger partial charge in [0.15, 0.2) is 0 Å². The minimum atomic E-state index is -4.59. The van der Waals surface area contributed by atoms with E-state index in [9.17, 15) is 49.2 Å². The van der Waals surface area contributed by atoms with Crippen molar-refractivity contribution in [2.75, 3.05) is 0 Å². The van der Waals surface area contributed by atoms with Gasteiger partial charge in [-0.1, -0.05) is 8.78 Å². The number of alkyl halides is 2. The summed E-state index contributed by atoms with van der Waals surface area (Å²) in [6.07, 6.45) is 0. The average Bonchev–Trinajstić information content (AvgIpc) is 3.26. The highest BCUT2D eigenvalue weighted by molar-refractivity contribution is 5.36. The van der Waals surface area contributed by atoms with Crippen molar-refractivity contribution in [1.29, 1.82) is 0 Å². The molecule has 22 heteroatoms. The Morgan fingerprint density at radius 3 is 1.21 bits per heavy atom. The summed E-state index contributed by atoms with van der Waals surface area (Å²) in [5.74, 6) is -11.9. The van der Waals surface area contributed by atoms with Crippen LogP contribution in [0.5, 0.6) is 0 Å². The van der Waals surface area contributed by atoms with E-state index in [1.54, 1.807) is 0 Å². The van der Waals surface area contributed by atoms with Gasteiger partial charge in [-0.05, 0) is 20.6 Å². The van der Waals surface area contributed by atoms with Crippen LogP contribution in [0.25, 0.3) is 0 Å². The standard InChI is InChI=1S/C6F2N10O10/c7-5(15(19)20,16(21)22)1-3(13-27-11-1)9-10-4-2(12-28-14-4)6(8,17(23)24)18(25)26. The van der Waals surface area contributed by atoms with Gasteiger partial charge in [0, 0.05) is 0 Å². The Hall–Kier alpha value is -4.66. The van der Waals surface area contributed by atoms with Gasteiger partial charge in [0.25, 0.3) is 11.6 Å². The summed E-state index contributed by atoms with van der Waals surface area (Å²) in [6, 6.07) is 0. The van der Waals surface area contributed by atoms with Crippen LogP contribution in [0.1, 0.15) is 11.4 Å². The van der Waals surface area contributed by atoms with Gasteiger partial charge in [0.2, 0.25) is 0 Å². The lowest BCUT2D eigenvalue weighted by Gasteiger charge is -2.04. The third-order valence-corrected chi connectivity index (χ3v) is 2.75. The number of halogens is 2. The summed E-state index contributed by atoms with van der Waals surface area (Å²) >= 11 is 0. The number of aromatic nitrogens is 4. The van der Waals surface area contributed by atoms with Crippen molar-refractivity contribution in [3.63, 3.8) is 0 Å². The van der Waals surface area contributed by atoms with Crippen LogP contribution in [-0.4, -0.2) is 40.3 Å².